The van der Waals surface area contributed by atoms with Gasteiger partial charge in [-0.1, -0.05) is 19.1 Å². The van der Waals surface area contributed by atoms with Gasteiger partial charge in [-0.3, -0.25) is 4.79 Å². The van der Waals surface area contributed by atoms with E-state index in [0.29, 0.717) is 23.2 Å². The second-order valence-electron chi connectivity index (χ2n) is 4.67. The molecule has 0 radical (unpaired) electrons. The average Bonchev–Trinajstić information content (AvgIpc) is 2.53. The first-order chi connectivity index (χ1) is 10.1. The number of ketones is 1. The number of nitrogens with one attached hydrogen (secondary N) is 1. The number of nitrogens with zero attached hydrogens (tertiary/aromatic N) is 1. The number of carbonyl (C=O) groups is 1. The number of carbonyl (C=O) groups excluding carboxylic acids is 1. The van der Waals surface area contributed by atoms with Crippen molar-refractivity contribution in [3.63, 3.8) is 0 Å². The fourth-order valence-corrected chi connectivity index (χ4v) is 2.04. The number of hydrogen-bond acceptors (Lipinski definition) is 3. The van der Waals surface area contributed by atoms with E-state index in [2.05, 4.69) is 5.32 Å². The van der Waals surface area contributed by atoms with Crippen LogP contribution in [0.15, 0.2) is 48.5 Å². The molecule has 2 rings (SSSR count). The Balaban J connectivity index is 2.18. The Hall–Kier alpha value is -2.67. The first-order valence-electron chi connectivity index (χ1n) is 6.70. The summed E-state index contributed by atoms with van der Waals surface area (Å²) in [5.74, 6) is -0.402. The zero-order chi connectivity index (χ0) is 15.2. The highest BCUT2D eigenvalue weighted by Crippen LogP contribution is 2.15. The lowest BCUT2D eigenvalue weighted by molar-refractivity contribution is 0.0968. The van der Waals surface area contributed by atoms with Crippen LogP contribution in [0.25, 0.3) is 0 Å². The molecular formula is C17H15FN2O. The van der Waals surface area contributed by atoms with Crippen molar-refractivity contribution < 1.29 is 9.18 Å². The van der Waals surface area contributed by atoms with Crippen LogP contribution in [0.5, 0.6) is 0 Å². The summed E-state index contributed by atoms with van der Waals surface area (Å²) < 4.78 is 12.9. The largest absolute Gasteiger partial charge is 0.375 e. The molecule has 0 saturated carbocycles. The first-order valence-corrected chi connectivity index (χ1v) is 6.70. The van der Waals surface area contributed by atoms with Gasteiger partial charge in [0.05, 0.1) is 17.7 Å². The Bertz CT molecular complexity index is 674. The van der Waals surface area contributed by atoms with E-state index in [1.54, 1.807) is 36.4 Å². The van der Waals surface area contributed by atoms with Crippen molar-refractivity contribution in [1.82, 2.24) is 0 Å². The van der Waals surface area contributed by atoms with E-state index in [4.69, 9.17) is 5.26 Å². The molecule has 2 aromatic rings. The molecule has 1 atom stereocenters. The highest BCUT2D eigenvalue weighted by molar-refractivity contribution is 6.01. The summed E-state index contributed by atoms with van der Waals surface area (Å²) in [4.78, 5) is 12.5. The van der Waals surface area contributed by atoms with E-state index in [-0.39, 0.29) is 11.6 Å². The van der Waals surface area contributed by atoms with Crippen LogP contribution < -0.4 is 5.32 Å². The van der Waals surface area contributed by atoms with E-state index in [1.165, 1.54) is 12.1 Å². The van der Waals surface area contributed by atoms with Crippen molar-refractivity contribution in [3.05, 3.63) is 65.5 Å². The maximum absolute atomic E-state index is 12.9. The van der Waals surface area contributed by atoms with Crippen LogP contribution in [0.2, 0.25) is 0 Å². The van der Waals surface area contributed by atoms with Gasteiger partial charge in [0.2, 0.25) is 0 Å². The van der Waals surface area contributed by atoms with Crippen molar-refractivity contribution in [1.29, 1.82) is 5.26 Å². The Morgan fingerprint density at radius 1 is 1.29 bits per heavy atom. The highest BCUT2D eigenvalue weighted by Gasteiger charge is 2.18. The molecule has 0 aromatic heterocycles. The van der Waals surface area contributed by atoms with Crippen LogP contribution in [-0.4, -0.2) is 11.8 Å². The number of Topliss-reactive ketones (excluding diaryl/α,β-unsaturated/α-hetero) is 1. The summed E-state index contributed by atoms with van der Waals surface area (Å²) in [7, 11) is 0. The topological polar surface area (TPSA) is 52.9 Å². The Morgan fingerprint density at radius 3 is 2.62 bits per heavy atom. The van der Waals surface area contributed by atoms with Crippen molar-refractivity contribution >= 4 is 11.5 Å². The van der Waals surface area contributed by atoms with Gasteiger partial charge in [0.1, 0.15) is 5.82 Å². The second-order valence-corrected chi connectivity index (χ2v) is 4.67. The van der Waals surface area contributed by atoms with E-state index in [0.717, 1.165) is 0 Å². The Kier molecular flexibility index (Phi) is 4.68. The van der Waals surface area contributed by atoms with Gasteiger partial charge in [0.25, 0.3) is 0 Å². The van der Waals surface area contributed by atoms with Gasteiger partial charge < -0.3 is 5.32 Å². The number of nitriles is 1. The molecule has 3 nitrogen and oxygen atoms in total. The molecule has 0 spiro atoms. The van der Waals surface area contributed by atoms with E-state index in [9.17, 15) is 9.18 Å². The van der Waals surface area contributed by atoms with Crippen molar-refractivity contribution in [2.75, 3.05) is 5.32 Å². The molecule has 0 fully saturated rings. The molecule has 0 saturated heterocycles. The molecule has 2 aromatic carbocycles. The average molecular weight is 282 g/mol. The smallest absolute Gasteiger partial charge is 0.185 e. The van der Waals surface area contributed by atoms with Gasteiger partial charge in [-0.05, 0) is 42.8 Å². The van der Waals surface area contributed by atoms with Crippen LogP contribution in [0, 0.1) is 17.1 Å². The van der Waals surface area contributed by atoms with Crippen molar-refractivity contribution in [3.8, 4) is 6.07 Å². The molecular weight excluding hydrogens is 267 g/mol. The molecule has 1 N–H and O–H groups in total. The van der Waals surface area contributed by atoms with Crippen LogP contribution in [-0.2, 0) is 0 Å². The summed E-state index contributed by atoms with van der Waals surface area (Å²) >= 11 is 0. The lowest BCUT2D eigenvalue weighted by Crippen LogP contribution is -2.28. The minimum Gasteiger partial charge on any atom is -0.375 e. The third kappa shape index (κ3) is 3.67. The van der Waals surface area contributed by atoms with Gasteiger partial charge in [0.15, 0.2) is 5.78 Å². The van der Waals surface area contributed by atoms with Gasteiger partial charge in [0, 0.05) is 11.3 Å². The third-order valence-electron chi connectivity index (χ3n) is 3.19. The molecule has 0 aliphatic rings. The van der Waals surface area contributed by atoms with E-state index in [1.807, 2.05) is 13.0 Å². The van der Waals surface area contributed by atoms with Crippen LogP contribution >= 0.6 is 0 Å². The summed E-state index contributed by atoms with van der Waals surface area (Å²) in [6.45, 7) is 1.90. The van der Waals surface area contributed by atoms with Crippen LogP contribution in [0.4, 0.5) is 10.1 Å². The molecule has 0 amide bonds. The summed E-state index contributed by atoms with van der Waals surface area (Å²) in [5, 5.41) is 12.0. The predicted molar refractivity (Wildman–Crippen MR) is 79.6 cm³/mol. The summed E-state index contributed by atoms with van der Waals surface area (Å²) in [6, 6.07) is 14.1. The summed E-state index contributed by atoms with van der Waals surface area (Å²) in [5.41, 5.74) is 1.64. The number of rotatable bonds is 5. The maximum atomic E-state index is 12.9. The third-order valence-corrected chi connectivity index (χ3v) is 3.19. The van der Waals surface area contributed by atoms with E-state index >= 15 is 0 Å². The number of halogens is 1. The molecule has 4 heteroatoms. The monoisotopic (exact) mass is 282 g/mol. The quantitative estimate of drug-likeness (QED) is 0.849. The second kappa shape index (κ2) is 6.67. The van der Waals surface area contributed by atoms with Crippen LogP contribution in [0.3, 0.4) is 0 Å². The molecule has 21 heavy (non-hydrogen) atoms. The molecule has 1 unspecified atom stereocenters. The van der Waals surface area contributed by atoms with Gasteiger partial charge >= 0.3 is 0 Å². The molecule has 0 aliphatic heterocycles. The van der Waals surface area contributed by atoms with Gasteiger partial charge in [-0.25, -0.2) is 4.39 Å². The number of hydrogen-bond donors (Lipinski definition) is 1. The molecule has 0 aliphatic carbocycles. The zero-order valence-corrected chi connectivity index (χ0v) is 11.6. The van der Waals surface area contributed by atoms with Gasteiger partial charge in [-0.15, -0.1) is 0 Å². The predicted octanol–water partition coefficient (Wildman–Crippen LogP) is 3.77. The standard InChI is InChI=1S/C17H15FN2O/c1-2-16(20-15-8-6-14(18)7-9-15)17(21)13-5-3-4-12(10-13)11-19/h3-10,16,20H,2H2,1H3. The molecule has 106 valence electrons. The van der Waals surface area contributed by atoms with Crippen LogP contribution in [0.1, 0.15) is 29.3 Å². The molecule has 0 heterocycles. The van der Waals surface area contributed by atoms with E-state index < -0.39 is 6.04 Å². The Morgan fingerprint density at radius 2 is 2.00 bits per heavy atom. The lowest BCUT2D eigenvalue weighted by Gasteiger charge is -2.17. The lowest BCUT2D eigenvalue weighted by atomic mass is 10.00. The minimum absolute atomic E-state index is 0.0843. The highest BCUT2D eigenvalue weighted by atomic mass is 19.1. The number of benzene rings is 2. The molecule has 0 bridgehead atoms. The fraction of sp³-hybridized carbons (Fsp3) is 0.176. The SMILES string of the molecule is CCC(Nc1ccc(F)cc1)C(=O)c1cccc(C#N)c1. The minimum atomic E-state index is -0.413. The Labute approximate surface area is 123 Å². The zero-order valence-electron chi connectivity index (χ0n) is 11.6. The van der Waals surface area contributed by atoms with Crippen molar-refractivity contribution in [2.24, 2.45) is 0 Å². The first kappa shape index (κ1) is 14.7. The number of anilines is 1. The maximum Gasteiger partial charge on any atom is 0.185 e. The summed E-state index contributed by atoms with van der Waals surface area (Å²) in [6.07, 6.45) is 0.590. The van der Waals surface area contributed by atoms with Gasteiger partial charge in [-0.2, -0.15) is 5.26 Å². The fourth-order valence-electron chi connectivity index (χ4n) is 2.04. The normalized spacial score (nSPS) is 11.5. The van der Waals surface area contributed by atoms with Crippen molar-refractivity contribution in [2.45, 2.75) is 19.4 Å².